The number of amides is 1. The van der Waals surface area contributed by atoms with Gasteiger partial charge in [-0.3, -0.25) is 4.79 Å². The number of carbonyl (C=O) groups is 1. The fourth-order valence-electron chi connectivity index (χ4n) is 2.55. The molecule has 0 saturated carbocycles. The molecule has 2 rings (SSSR count). The Bertz CT molecular complexity index is 371. The van der Waals surface area contributed by atoms with Crippen molar-refractivity contribution in [1.82, 2.24) is 4.90 Å². The first-order valence-electron chi connectivity index (χ1n) is 6.71. The molecule has 1 aromatic carbocycles. The molecular formula is C15H20INO. The van der Waals surface area contributed by atoms with Gasteiger partial charge < -0.3 is 4.90 Å². The van der Waals surface area contributed by atoms with Crippen LogP contribution in [0.1, 0.15) is 36.0 Å². The van der Waals surface area contributed by atoms with Gasteiger partial charge in [0.25, 0.3) is 5.91 Å². The highest BCUT2D eigenvalue weighted by Gasteiger charge is 2.22. The third-order valence-electron chi connectivity index (χ3n) is 3.67. The molecule has 1 aliphatic heterocycles. The summed E-state index contributed by atoms with van der Waals surface area (Å²) < 4.78 is 1.25. The van der Waals surface area contributed by atoms with E-state index in [1.807, 2.05) is 35.2 Å². The number of piperidine rings is 1. The predicted octanol–water partition coefficient (Wildman–Crippen LogP) is 3.75. The maximum atomic E-state index is 12.2. The van der Waals surface area contributed by atoms with E-state index in [1.165, 1.54) is 30.1 Å². The number of alkyl halides is 1. The molecule has 0 atom stereocenters. The Morgan fingerprint density at radius 3 is 2.50 bits per heavy atom. The highest BCUT2D eigenvalue weighted by Crippen LogP contribution is 2.23. The highest BCUT2D eigenvalue weighted by molar-refractivity contribution is 14.1. The first kappa shape index (κ1) is 13.8. The van der Waals surface area contributed by atoms with Gasteiger partial charge in [-0.1, -0.05) is 40.8 Å². The van der Waals surface area contributed by atoms with E-state index < -0.39 is 0 Å². The summed E-state index contributed by atoms with van der Waals surface area (Å²) in [5.74, 6) is 1.03. The van der Waals surface area contributed by atoms with E-state index in [0.717, 1.165) is 24.6 Å². The van der Waals surface area contributed by atoms with Crippen LogP contribution in [-0.2, 0) is 0 Å². The number of benzene rings is 1. The van der Waals surface area contributed by atoms with E-state index in [-0.39, 0.29) is 5.91 Å². The van der Waals surface area contributed by atoms with Crippen LogP contribution in [0.15, 0.2) is 30.3 Å². The molecular weight excluding hydrogens is 337 g/mol. The number of halogens is 1. The van der Waals surface area contributed by atoms with E-state index in [2.05, 4.69) is 22.6 Å². The van der Waals surface area contributed by atoms with Crippen molar-refractivity contribution in [3.63, 3.8) is 0 Å². The van der Waals surface area contributed by atoms with Crippen molar-refractivity contribution in [2.24, 2.45) is 5.92 Å². The molecule has 0 unspecified atom stereocenters. The molecule has 1 amide bonds. The standard InChI is InChI=1S/C15H20INO/c16-10-4-5-13-8-11-17(12-9-13)15(18)14-6-2-1-3-7-14/h1-3,6-7,13H,4-5,8-12H2. The first-order valence-corrected chi connectivity index (χ1v) is 8.24. The second-order valence-electron chi connectivity index (χ2n) is 4.93. The number of nitrogens with zero attached hydrogens (tertiary/aromatic N) is 1. The zero-order chi connectivity index (χ0) is 12.8. The van der Waals surface area contributed by atoms with Gasteiger partial charge in [0.15, 0.2) is 0 Å². The zero-order valence-corrected chi connectivity index (χ0v) is 12.8. The third-order valence-corrected chi connectivity index (χ3v) is 4.43. The lowest BCUT2D eigenvalue weighted by molar-refractivity contribution is 0.0687. The lowest BCUT2D eigenvalue weighted by atomic mass is 9.92. The van der Waals surface area contributed by atoms with Gasteiger partial charge >= 0.3 is 0 Å². The van der Waals surface area contributed by atoms with Crippen molar-refractivity contribution in [1.29, 1.82) is 0 Å². The SMILES string of the molecule is O=C(c1ccccc1)N1CCC(CCCI)CC1. The van der Waals surface area contributed by atoms with Crippen molar-refractivity contribution in [2.75, 3.05) is 17.5 Å². The molecule has 0 aliphatic carbocycles. The minimum atomic E-state index is 0.197. The van der Waals surface area contributed by atoms with E-state index >= 15 is 0 Å². The molecule has 1 saturated heterocycles. The van der Waals surface area contributed by atoms with Crippen LogP contribution in [0.4, 0.5) is 0 Å². The summed E-state index contributed by atoms with van der Waals surface area (Å²) in [6.45, 7) is 1.86. The topological polar surface area (TPSA) is 20.3 Å². The Kier molecular flexibility index (Phi) is 5.47. The highest BCUT2D eigenvalue weighted by atomic mass is 127. The number of rotatable bonds is 4. The lowest BCUT2D eigenvalue weighted by Gasteiger charge is -2.32. The molecule has 98 valence electrons. The third kappa shape index (κ3) is 3.70. The summed E-state index contributed by atoms with van der Waals surface area (Å²) >= 11 is 2.44. The van der Waals surface area contributed by atoms with E-state index in [9.17, 15) is 4.79 Å². The fraction of sp³-hybridized carbons (Fsp3) is 0.533. The molecule has 2 nitrogen and oxygen atoms in total. The van der Waals surface area contributed by atoms with Gasteiger partial charge in [0.2, 0.25) is 0 Å². The summed E-state index contributed by atoms with van der Waals surface area (Å²) in [6.07, 6.45) is 5.00. The monoisotopic (exact) mass is 357 g/mol. The number of hydrogen-bond donors (Lipinski definition) is 0. The molecule has 1 aliphatic rings. The van der Waals surface area contributed by atoms with Crippen LogP contribution in [0, 0.1) is 5.92 Å². The second-order valence-corrected chi connectivity index (χ2v) is 6.01. The molecule has 0 spiro atoms. The number of carbonyl (C=O) groups excluding carboxylic acids is 1. The van der Waals surface area contributed by atoms with Crippen LogP contribution in [-0.4, -0.2) is 28.3 Å². The molecule has 18 heavy (non-hydrogen) atoms. The molecule has 0 radical (unpaired) electrons. The first-order chi connectivity index (χ1) is 8.81. The Hall–Kier alpha value is -0.580. The van der Waals surface area contributed by atoms with Gasteiger partial charge in [0.05, 0.1) is 0 Å². The molecule has 1 aromatic rings. The molecule has 0 N–H and O–H groups in total. The van der Waals surface area contributed by atoms with Gasteiger partial charge in [0, 0.05) is 18.7 Å². The average molecular weight is 357 g/mol. The zero-order valence-electron chi connectivity index (χ0n) is 10.6. The van der Waals surface area contributed by atoms with Crippen molar-refractivity contribution < 1.29 is 4.79 Å². The molecule has 1 heterocycles. The van der Waals surface area contributed by atoms with Crippen LogP contribution in [0.3, 0.4) is 0 Å². The minimum absolute atomic E-state index is 0.197. The summed E-state index contributed by atoms with van der Waals surface area (Å²) in [7, 11) is 0. The number of hydrogen-bond acceptors (Lipinski definition) is 1. The van der Waals surface area contributed by atoms with Crippen molar-refractivity contribution in [3.05, 3.63) is 35.9 Å². The molecule has 0 aromatic heterocycles. The van der Waals surface area contributed by atoms with Gasteiger partial charge in [-0.25, -0.2) is 0 Å². The second kappa shape index (κ2) is 7.12. The normalized spacial score (nSPS) is 16.8. The number of likely N-dealkylation sites (tertiary alicyclic amines) is 1. The van der Waals surface area contributed by atoms with Crippen molar-refractivity contribution >= 4 is 28.5 Å². The smallest absolute Gasteiger partial charge is 0.253 e. The van der Waals surface area contributed by atoms with Crippen LogP contribution < -0.4 is 0 Å². The van der Waals surface area contributed by atoms with Crippen molar-refractivity contribution in [3.8, 4) is 0 Å². The van der Waals surface area contributed by atoms with E-state index in [0.29, 0.717) is 0 Å². The maximum absolute atomic E-state index is 12.2. The van der Waals surface area contributed by atoms with Crippen LogP contribution in [0.2, 0.25) is 0 Å². The Morgan fingerprint density at radius 2 is 1.89 bits per heavy atom. The quantitative estimate of drug-likeness (QED) is 0.594. The summed E-state index contributed by atoms with van der Waals surface area (Å²) in [6, 6.07) is 9.63. The van der Waals surface area contributed by atoms with Gasteiger partial charge in [-0.15, -0.1) is 0 Å². The van der Waals surface area contributed by atoms with Crippen molar-refractivity contribution in [2.45, 2.75) is 25.7 Å². The fourth-order valence-corrected chi connectivity index (χ4v) is 2.99. The predicted molar refractivity (Wildman–Crippen MR) is 83.2 cm³/mol. The molecule has 3 heteroatoms. The van der Waals surface area contributed by atoms with Crippen LogP contribution in [0.25, 0.3) is 0 Å². The van der Waals surface area contributed by atoms with Crippen LogP contribution >= 0.6 is 22.6 Å². The summed E-state index contributed by atoms with van der Waals surface area (Å²) in [5.41, 5.74) is 0.822. The maximum Gasteiger partial charge on any atom is 0.253 e. The Balaban J connectivity index is 1.84. The minimum Gasteiger partial charge on any atom is -0.339 e. The molecule has 1 fully saturated rings. The lowest BCUT2D eigenvalue weighted by Crippen LogP contribution is -2.38. The molecule has 0 bridgehead atoms. The Morgan fingerprint density at radius 1 is 1.22 bits per heavy atom. The summed E-state index contributed by atoms with van der Waals surface area (Å²) in [4.78, 5) is 14.3. The van der Waals surface area contributed by atoms with Crippen LogP contribution in [0.5, 0.6) is 0 Å². The van der Waals surface area contributed by atoms with E-state index in [1.54, 1.807) is 0 Å². The van der Waals surface area contributed by atoms with Gasteiger partial charge in [-0.05, 0) is 48.2 Å². The summed E-state index contributed by atoms with van der Waals surface area (Å²) in [5, 5.41) is 0. The van der Waals surface area contributed by atoms with Gasteiger partial charge in [-0.2, -0.15) is 0 Å². The largest absolute Gasteiger partial charge is 0.339 e. The van der Waals surface area contributed by atoms with E-state index in [4.69, 9.17) is 0 Å². The average Bonchev–Trinajstić information content (AvgIpc) is 2.46. The van der Waals surface area contributed by atoms with Gasteiger partial charge in [0.1, 0.15) is 0 Å². The Labute approximate surface area is 123 Å².